The Kier molecular flexibility index (Phi) is 9.39. The topological polar surface area (TPSA) is 112 Å². The highest BCUT2D eigenvalue weighted by molar-refractivity contribution is 5.94. The second-order valence-electron chi connectivity index (χ2n) is 7.98. The van der Waals surface area contributed by atoms with Gasteiger partial charge in [-0.3, -0.25) is 9.63 Å². The zero-order valence-corrected chi connectivity index (χ0v) is 18.2. The Balaban J connectivity index is 5.81. The molecule has 0 aliphatic carbocycles. The van der Waals surface area contributed by atoms with Gasteiger partial charge in [-0.25, -0.2) is 19.4 Å². The summed E-state index contributed by atoms with van der Waals surface area (Å²) >= 11 is 0. The maximum atomic E-state index is 12.7. The van der Waals surface area contributed by atoms with Crippen LogP contribution in [0.5, 0.6) is 0 Å². The van der Waals surface area contributed by atoms with Gasteiger partial charge in [0.2, 0.25) is 5.91 Å². The Labute approximate surface area is 166 Å². The van der Waals surface area contributed by atoms with Crippen molar-refractivity contribution in [3.63, 3.8) is 0 Å². The summed E-state index contributed by atoms with van der Waals surface area (Å²) in [6.45, 7) is 9.68. The summed E-state index contributed by atoms with van der Waals surface area (Å²) in [6.07, 6.45) is -2.54. The third-order valence-electron chi connectivity index (χ3n) is 3.22. The molecule has 0 saturated heterocycles. The third-order valence-corrected chi connectivity index (χ3v) is 3.22. The van der Waals surface area contributed by atoms with Crippen molar-refractivity contribution in [3.8, 4) is 0 Å². The van der Waals surface area contributed by atoms with Crippen LogP contribution >= 0.6 is 0 Å². The molecule has 0 fully saturated rings. The van der Waals surface area contributed by atoms with Gasteiger partial charge in [0.15, 0.2) is 0 Å². The number of hydrogen-bond acceptors (Lipinski definition) is 8. The van der Waals surface area contributed by atoms with Crippen LogP contribution in [0.4, 0.5) is 9.59 Å². The standard InChI is InChI=1S/C18H32N2O8/c1-17(2,3)27-15(23)20(16(24)28-18(4,5)6)12(14(22)25-8)10-11-13(21)19(7)26-9/h12H,10-11H2,1-9H3/t12-/m0/s1. The van der Waals surface area contributed by atoms with Crippen molar-refractivity contribution in [3.05, 3.63) is 0 Å². The van der Waals surface area contributed by atoms with Crippen LogP contribution in [-0.2, 0) is 28.6 Å². The van der Waals surface area contributed by atoms with E-state index in [-0.39, 0.29) is 12.8 Å². The zero-order chi connectivity index (χ0) is 22.3. The highest BCUT2D eigenvalue weighted by Gasteiger charge is 2.41. The fourth-order valence-electron chi connectivity index (χ4n) is 1.96. The molecular weight excluding hydrogens is 372 g/mol. The molecule has 0 rings (SSSR count). The predicted octanol–water partition coefficient (Wildman–Crippen LogP) is 2.50. The first-order valence-corrected chi connectivity index (χ1v) is 8.76. The molecule has 0 radical (unpaired) electrons. The molecule has 0 aliphatic heterocycles. The van der Waals surface area contributed by atoms with Gasteiger partial charge >= 0.3 is 18.2 Å². The smallest absolute Gasteiger partial charge is 0.420 e. The van der Waals surface area contributed by atoms with E-state index in [4.69, 9.17) is 19.0 Å². The molecular formula is C18H32N2O8. The Morgan fingerprint density at radius 2 is 1.29 bits per heavy atom. The summed E-state index contributed by atoms with van der Waals surface area (Å²) in [5, 5.41) is 0.972. The van der Waals surface area contributed by atoms with Gasteiger partial charge in [0.05, 0.1) is 14.2 Å². The number of hydrogen-bond donors (Lipinski definition) is 0. The lowest BCUT2D eigenvalue weighted by molar-refractivity contribution is -0.169. The second-order valence-corrected chi connectivity index (χ2v) is 7.98. The number of hydroxylamine groups is 2. The van der Waals surface area contributed by atoms with E-state index in [9.17, 15) is 19.2 Å². The Bertz CT molecular complexity index is 549. The SMILES string of the molecule is COC(=O)[C@H](CCC(=O)N(C)OC)N(C(=O)OC(C)(C)C)C(=O)OC(C)(C)C. The van der Waals surface area contributed by atoms with Crippen LogP contribution in [0.2, 0.25) is 0 Å². The van der Waals surface area contributed by atoms with Gasteiger partial charge < -0.3 is 14.2 Å². The Hall–Kier alpha value is -2.36. The molecule has 3 amide bonds. The molecule has 0 N–H and O–H groups in total. The van der Waals surface area contributed by atoms with Crippen molar-refractivity contribution >= 4 is 24.1 Å². The molecule has 28 heavy (non-hydrogen) atoms. The average molecular weight is 404 g/mol. The van der Waals surface area contributed by atoms with Crippen molar-refractivity contribution in [1.82, 2.24) is 9.96 Å². The van der Waals surface area contributed by atoms with Crippen LogP contribution < -0.4 is 0 Å². The lowest BCUT2D eigenvalue weighted by Gasteiger charge is -2.32. The minimum absolute atomic E-state index is 0.188. The van der Waals surface area contributed by atoms with Gasteiger partial charge in [-0.05, 0) is 48.0 Å². The molecule has 0 aromatic carbocycles. The summed E-state index contributed by atoms with van der Waals surface area (Å²) in [5.74, 6) is -1.34. The van der Waals surface area contributed by atoms with Gasteiger partial charge in [-0.1, -0.05) is 0 Å². The van der Waals surface area contributed by atoms with E-state index in [1.54, 1.807) is 41.5 Å². The van der Waals surface area contributed by atoms with Gasteiger partial charge in [0.1, 0.15) is 17.2 Å². The highest BCUT2D eigenvalue weighted by atomic mass is 16.7. The van der Waals surface area contributed by atoms with E-state index in [1.807, 2.05) is 0 Å². The van der Waals surface area contributed by atoms with E-state index in [0.717, 1.165) is 12.2 Å². The van der Waals surface area contributed by atoms with Crippen LogP contribution in [0.25, 0.3) is 0 Å². The normalized spacial score (nSPS) is 12.6. The molecule has 0 heterocycles. The first-order chi connectivity index (χ1) is 12.6. The van der Waals surface area contributed by atoms with Crippen LogP contribution in [0.3, 0.4) is 0 Å². The van der Waals surface area contributed by atoms with Gasteiger partial charge in [0, 0.05) is 13.5 Å². The summed E-state index contributed by atoms with van der Waals surface area (Å²) in [5.41, 5.74) is -1.85. The van der Waals surface area contributed by atoms with Crippen LogP contribution in [0.15, 0.2) is 0 Å². The van der Waals surface area contributed by atoms with E-state index >= 15 is 0 Å². The zero-order valence-electron chi connectivity index (χ0n) is 18.2. The van der Waals surface area contributed by atoms with Gasteiger partial charge in [0.25, 0.3) is 0 Å². The summed E-state index contributed by atoms with van der Waals surface area (Å²) in [7, 11) is 3.82. The molecule has 0 aromatic heterocycles. The number of imide groups is 1. The van der Waals surface area contributed by atoms with E-state index < -0.39 is 41.3 Å². The number of amides is 3. The molecule has 10 heteroatoms. The number of carbonyl (C=O) groups is 4. The summed E-state index contributed by atoms with van der Waals surface area (Å²) in [4.78, 5) is 55.0. The van der Waals surface area contributed by atoms with Crippen molar-refractivity contribution < 1.29 is 38.2 Å². The number of nitrogens with zero attached hydrogens (tertiary/aromatic N) is 2. The number of methoxy groups -OCH3 is 1. The van der Waals surface area contributed by atoms with Crippen molar-refractivity contribution in [2.24, 2.45) is 0 Å². The number of ether oxygens (including phenoxy) is 3. The third kappa shape index (κ3) is 9.03. The number of rotatable bonds is 6. The quantitative estimate of drug-likeness (QED) is 0.377. The molecule has 162 valence electrons. The first-order valence-electron chi connectivity index (χ1n) is 8.76. The monoisotopic (exact) mass is 404 g/mol. The van der Waals surface area contributed by atoms with Crippen LogP contribution in [0, 0.1) is 0 Å². The summed E-state index contributed by atoms with van der Waals surface area (Å²) < 4.78 is 15.2. The fraction of sp³-hybridized carbons (Fsp3) is 0.778. The minimum atomic E-state index is -1.41. The van der Waals surface area contributed by atoms with Crippen molar-refractivity contribution in [2.45, 2.75) is 71.6 Å². The Morgan fingerprint density at radius 1 is 0.857 bits per heavy atom. The molecule has 10 nitrogen and oxygen atoms in total. The molecule has 1 atom stereocenters. The summed E-state index contributed by atoms with van der Waals surface area (Å²) in [6, 6.07) is -1.41. The van der Waals surface area contributed by atoms with Crippen LogP contribution in [0.1, 0.15) is 54.4 Å². The lowest BCUT2D eigenvalue weighted by Crippen LogP contribution is -2.52. The maximum Gasteiger partial charge on any atom is 0.420 e. The second kappa shape index (κ2) is 10.3. The maximum absolute atomic E-state index is 12.7. The Morgan fingerprint density at radius 3 is 1.61 bits per heavy atom. The molecule has 0 saturated carbocycles. The molecule has 0 spiro atoms. The lowest BCUT2D eigenvalue weighted by atomic mass is 10.1. The van der Waals surface area contributed by atoms with Crippen molar-refractivity contribution in [1.29, 1.82) is 0 Å². The number of carbonyl (C=O) groups excluding carboxylic acids is 4. The highest BCUT2D eigenvalue weighted by Crippen LogP contribution is 2.20. The van der Waals surface area contributed by atoms with E-state index in [1.165, 1.54) is 14.2 Å². The van der Waals surface area contributed by atoms with Crippen LogP contribution in [-0.4, -0.2) is 72.5 Å². The van der Waals surface area contributed by atoms with Gasteiger partial charge in [-0.15, -0.1) is 0 Å². The first kappa shape index (κ1) is 25.6. The number of esters is 1. The fourth-order valence-corrected chi connectivity index (χ4v) is 1.96. The minimum Gasteiger partial charge on any atom is -0.467 e. The van der Waals surface area contributed by atoms with E-state index in [0.29, 0.717) is 4.90 Å². The van der Waals surface area contributed by atoms with E-state index in [2.05, 4.69) is 0 Å². The average Bonchev–Trinajstić information content (AvgIpc) is 2.52. The van der Waals surface area contributed by atoms with Gasteiger partial charge in [-0.2, -0.15) is 4.90 Å². The largest absolute Gasteiger partial charge is 0.467 e. The molecule has 0 unspecified atom stereocenters. The molecule has 0 aliphatic rings. The molecule has 0 bridgehead atoms. The van der Waals surface area contributed by atoms with Crippen molar-refractivity contribution in [2.75, 3.05) is 21.3 Å². The molecule has 0 aromatic rings. The predicted molar refractivity (Wildman–Crippen MR) is 99.1 cm³/mol.